The molecule has 0 radical (unpaired) electrons. The molecule has 2 aliphatic heterocycles. The smallest absolute Gasteiger partial charge is 0.229 e. The second-order valence-electron chi connectivity index (χ2n) is 6.31. The first-order valence-electron chi connectivity index (χ1n) is 7.36. The topological polar surface area (TPSA) is 23.6 Å². The summed E-state index contributed by atoms with van der Waals surface area (Å²) in [5.41, 5.74) is -0.0109. The van der Waals surface area contributed by atoms with Crippen molar-refractivity contribution in [3.05, 3.63) is 12.7 Å². The van der Waals surface area contributed by atoms with Gasteiger partial charge in [-0.1, -0.05) is 6.08 Å². The van der Waals surface area contributed by atoms with E-state index in [0.717, 1.165) is 51.4 Å². The fourth-order valence-electron chi connectivity index (χ4n) is 3.52. The fraction of sp³-hybridized carbons (Fsp3) is 0.800. The number of rotatable bonds is 4. The van der Waals surface area contributed by atoms with Crippen LogP contribution in [0, 0.1) is 11.3 Å². The zero-order chi connectivity index (χ0) is 12.6. The van der Waals surface area contributed by atoms with Crippen LogP contribution >= 0.6 is 0 Å². The number of amides is 1. The molecule has 0 atom stereocenters. The van der Waals surface area contributed by atoms with Gasteiger partial charge in [-0.05, 0) is 51.1 Å². The highest BCUT2D eigenvalue weighted by atomic mass is 16.2. The average Bonchev–Trinajstić information content (AvgIpc) is 3.15. The molecule has 0 N–H and O–H groups in total. The maximum absolute atomic E-state index is 12.5. The van der Waals surface area contributed by atoms with Gasteiger partial charge in [-0.25, -0.2) is 0 Å². The minimum atomic E-state index is -0.0109. The van der Waals surface area contributed by atoms with Crippen LogP contribution in [0.3, 0.4) is 0 Å². The van der Waals surface area contributed by atoms with Crippen molar-refractivity contribution < 1.29 is 4.79 Å². The summed E-state index contributed by atoms with van der Waals surface area (Å²) in [5.74, 6) is 1.36. The molecule has 3 nitrogen and oxygen atoms in total. The van der Waals surface area contributed by atoms with Crippen LogP contribution < -0.4 is 0 Å². The maximum Gasteiger partial charge on any atom is 0.229 e. The molecule has 3 heteroatoms. The number of carbonyl (C=O) groups excluding carboxylic acids is 1. The number of hydrogen-bond acceptors (Lipinski definition) is 2. The van der Waals surface area contributed by atoms with Gasteiger partial charge in [0.25, 0.3) is 0 Å². The molecule has 2 heterocycles. The third kappa shape index (κ3) is 2.20. The van der Waals surface area contributed by atoms with Crippen LogP contribution in [0.4, 0.5) is 0 Å². The van der Waals surface area contributed by atoms with Crippen molar-refractivity contribution in [2.75, 3.05) is 32.7 Å². The van der Waals surface area contributed by atoms with E-state index in [1.165, 1.54) is 19.4 Å². The Morgan fingerprint density at radius 2 is 1.89 bits per heavy atom. The lowest BCUT2D eigenvalue weighted by atomic mass is 9.77. The summed E-state index contributed by atoms with van der Waals surface area (Å²) in [6, 6.07) is 0. The Hall–Kier alpha value is -0.830. The van der Waals surface area contributed by atoms with Crippen molar-refractivity contribution in [3.8, 4) is 0 Å². The van der Waals surface area contributed by atoms with Crippen LogP contribution in [-0.2, 0) is 4.79 Å². The van der Waals surface area contributed by atoms with E-state index in [0.29, 0.717) is 5.91 Å². The van der Waals surface area contributed by atoms with Crippen LogP contribution in [0.5, 0.6) is 0 Å². The lowest BCUT2D eigenvalue weighted by molar-refractivity contribution is -0.138. The highest BCUT2D eigenvalue weighted by molar-refractivity contribution is 5.85. The van der Waals surface area contributed by atoms with E-state index >= 15 is 0 Å². The van der Waals surface area contributed by atoms with Crippen molar-refractivity contribution >= 4 is 5.91 Å². The van der Waals surface area contributed by atoms with Crippen molar-refractivity contribution in [2.45, 2.75) is 32.1 Å². The normalized spacial score (nSPS) is 28.0. The second-order valence-corrected chi connectivity index (χ2v) is 6.31. The Morgan fingerprint density at radius 1 is 1.22 bits per heavy atom. The third-order valence-corrected chi connectivity index (χ3v) is 4.98. The molecule has 100 valence electrons. The van der Waals surface area contributed by atoms with Gasteiger partial charge >= 0.3 is 0 Å². The number of carbonyl (C=O) groups is 1. The molecule has 3 rings (SSSR count). The molecule has 18 heavy (non-hydrogen) atoms. The predicted octanol–water partition coefficient (Wildman–Crippen LogP) is 1.90. The van der Waals surface area contributed by atoms with Crippen molar-refractivity contribution in [1.82, 2.24) is 9.80 Å². The van der Waals surface area contributed by atoms with Crippen LogP contribution in [0.15, 0.2) is 12.7 Å². The summed E-state index contributed by atoms with van der Waals surface area (Å²) in [7, 11) is 0. The quantitative estimate of drug-likeness (QED) is 0.709. The number of hydrogen-bond donors (Lipinski definition) is 0. The monoisotopic (exact) mass is 248 g/mol. The first kappa shape index (κ1) is 12.2. The van der Waals surface area contributed by atoms with Gasteiger partial charge in [0.15, 0.2) is 0 Å². The molecule has 0 aromatic rings. The highest BCUT2D eigenvalue weighted by Gasteiger charge is 2.47. The molecule has 2 saturated heterocycles. The minimum absolute atomic E-state index is 0.0109. The van der Waals surface area contributed by atoms with Gasteiger partial charge in [-0.2, -0.15) is 0 Å². The Labute approximate surface area is 110 Å². The van der Waals surface area contributed by atoms with Crippen LogP contribution in [0.1, 0.15) is 32.1 Å². The molecule has 0 aromatic heterocycles. The average molecular weight is 248 g/mol. The lowest BCUT2D eigenvalue weighted by Gasteiger charge is -2.38. The van der Waals surface area contributed by atoms with E-state index in [2.05, 4.69) is 11.5 Å². The zero-order valence-electron chi connectivity index (χ0n) is 11.2. The Balaban J connectivity index is 1.57. The summed E-state index contributed by atoms with van der Waals surface area (Å²) in [5, 5.41) is 0. The summed E-state index contributed by atoms with van der Waals surface area (Å²) < 4.78 is 0. The van der Waals surface area contributed by atoms with Crippen molar-refractivity contribution in [2.24, 2.45) is 11.3 Å². The molecule has 3 fully saturated rings. The van der Waals surface area contributed by atoms with E-state index in [1.807, 2.05) is 11.0 Å². The first-order chi connectivity index (χ1) is 8.73. The molecule has 1 saturated carbocycles. The molecule has 0 bridgehead atoms. The summed E-state index contributed by atoms with van der Waals surface area (Å²) in [6.45, 7) is 8.94. The predicted molar refractivity (Wildman–Crippen MR) is 72.2 cm³/mol. The van der Waals surface area contributed by atoms with Gasteiger partial charge in [-0.3, -0.25) is 4.79 Å². The third-order valence-electron chi connectivity index (χ3n) is 4.98. The maximum atomic E-state index is 12.5. The Bertz CT molecular complexity index is 340. The molecule has 1 spiro atoms. The van der Waals surface area contributed by atoms with E-state index in [4.69, 9.17) is 0 Å². The number of nitrogens with zero attached hydrogens (tertiary/aromatic N) is 2. The summed E-state index contributed by atoms with van der Waals surface area (Å²) in [6.07, 6.45) is 7.91. The zero-order valence-corrected chi connectivity index (χ0v) is 11.2. The largest absolute Gasteiger partial charge is 0.338 e. The Kier molecular flexibility index (Phi) is 3.18. The Morgan fingerprint density at radius 3 is 2.50 bits per heavy atom. The van der Waals surface area contributed by atoms with Gasteiger partial charge < -0.3 is 9.80 Å². The summed E-state index contributed by atoms with van der Waals surface area (Å²) >= 11 is 0. The van der Waals surface area contributed by atoms with Crippen LogP contribution in [-0.4, -0.2) is 48.4 Å². The van der Waals surface area contributed by atoms with E-state index < -0.39 is 0 Å². The molecule has 0 aromatic carbocycles. The van der Waals surface area contributed by atoms with Gasteiger partial charge in [0.2, 0.25) is 5.91 Å². The standard InChI is InChI=1S/C15H24N2O/c1-2-8-17-11-7-15(14(17)18)5-9-16(10-6-15)12-13-3-4-13/h2,13H,1,3-12H2. The molecule has 3 aliphatic rings. The minimum Gasteiger partial charge on any atom is -0.338 e. The van der Waals surface area contributed by atoms with Gasteiger partial charge in [0, 0.05) is 19.6 Å². The van der Waals surface area contributed by atoms with Gasteiger partial charge in [0.1, 0.15) is 0 Å². The number of likely N-dealkylation sites (tertiary alicyclic amines) is 2. The molecule has 1 amide bonds. The summed E-state index contributed by atoms with van der Waals surface area (Å²) in [4.78, 5) is 17.0. The molecular formula is C15H24N2O. The highest BCUT2D eigenvalue weighted by Crippen LogP contribution is 2.42. The van der Waals surface area contributed by atoms with Gasteiger partial charge in [-0.15, -0.1) is 6.58 Å². The van der Waals surface area contributed by atoms with Gasteiger partial charge in [0.05, 0.1) is 5.41 Å². The van der Waals surface area contributed by atoms with E-state index in [9.17, 15) is 4.79 Å². The first-order valence-corrected chi connectivity index (χ1v) is 7.36. The van der Waals surface area contributed by atoms with Crippen LogP contribution in [0.25, 0.3) is 0 Å². The van der Waals surface area contributed by atoms with E-state index in [-0.39, 0.29) is 5.41 Å². The number of piperidine rings is 1. The van der Waals surface area contributed by atoms with Crippen LogP contribution in [0.2, 0.25) is 0 Å². The molecule has 1 aliphatic carbocycles. The van der Waals surface area contributed by atoms with Crippen molar-refractivity contribution in [1.29, 1.82) is 0 Å². The SMILES string of the molecule is C=CCN1CCC2(CCN(CC3CC3)CC2)C1=O. The molecular weight excluding hydrogens is 224 g/mol. The lowest BCUT2D eigenvalue weighted by Crippen LogP contribution is -2.45. The van der Waals surface area contributed by atoms with E-state index in [1.54, 1.807) is 0 Å². The molecule has 0 unspecified atom stereocenters. The second kappa shape index (κ2) is 4.69. The van der Waals surface area contributed by atoms with Crippen molar-refractivity contribution in [3.63, 3.8) is 0 Å². The fourth-order valence-corrected chi connectivity index (χ4v) is 3.52.